The minimum Gasteiger partial charge on any atom is -0.487 e. The first-order chi connectivity index (χ1) is 14.1. The number of amides is 1. The number of aryl methyl sites for hydroxylation is 1. The molecule has 1 aliphatic heterocycles. The van der Waals surface area contributed by atoms with Crippen molar-refractivity contribution in [3.05, 3.63) is 53.6 Å². The van der Waals surface area contributed by atoms with E-state index in [0.717, 1.165) is 5.56 Å². The van der Waals surface area contributed by atoms with E-state index in [1.807, 2.05) is 6.92 Å². The lowest BCUT2D eigenvalue weighted by Crippen LogP contribution is -2.41. The number of aliphatic carboxylic acids is 1. The topological polar surface area (TPSA) is 113 Å². The van der Waals surface area contributed by atoms with Crippen molar-refractivity contribution in [2.75, 3.05) is 11.4 Å². The third-order valence-corrected chi connectivity index (χ3v) is 6.39. The number of carboxylic acid groups (broad SMARTS) is 1. The first kappa shape index (κ1) is 21.8. The van der Waals surface area contributed by atoms with Crippen molar-refractivity contribution in [3.8, 4) is 5.75 Å². The number of hydrogen-bond donors (Lipinski definition) is 2. The Morgan fingerprint density at radius 3 is 2.60 bits per heavy atom. The summed E-state index contributed by atoms with van der Waals surface area (Å²) in [6, 6.07) is 10.3. The third-order valence-electron chi connectivity index (χ3n) is 4.92. The maximum Gasteiger partial charge on any atom is 0.305 e. The molecule has 2 atom stereocenters. The minimum absolute atomic E-state index is 0.0744. The molecule has 0 spiro atoms. The predicted molar refractivity (Wildman–Crippen MR) is 111 cm³/mol. The molecule has 1 amide bonds. The van der Waals surface area contributed by atoms with E-state index in [9.17, 15) is 23.1 Å². The molecule has 0 aromatic heterocycles. The van der Waals surface area contributed by atoms with Crippen LogP contribution in [0.5, 0.6) is 5.75 Å². The summed E-state index contributed by atoms with van der Waals surface area (Å²) in [5, 5.41) is 9.29. The van der Waals surface area contributed by atoms with Gasteiger partial charge in [-0.05, 0) is 43.2 Å². The molecule has 0 unspecified atom stereocenters. The van der Waals surface area contributed by atoms with Gasteiger partial charge < -0.3 is 14.7 Å². The Morgan fingerprint density at radius 1 is 1.27 bits per heavy atom. The van der Waals surface area contributed by atoms with E-state index in [1.54, 1.807) is 31.2 Å². The summed E-state index contributed by atoms with van der Waals surface area (Å²) in [6.07, 6.45) is -0.627. The number of rotatable bonds is 6. The van der Waals surface area contributed by atoms with Gasteiger partial charge in [0.2, 0.25) is 15.9 Å². The number of sulfonamides is 1. The van der Waals surface area contributed by atoms with Gasteiger partial charge in [0.05, 0.1) is 29.6 Å². The molecule has 2 aromatic rings. The second-order valence-corrected chi connectivity index (χ2v) is 9.03. The highest BCUT2D eigenvalue weighted by molar-refractivity contribution is 7.89. The highest BCUT2D eigenvalue weighted by Crippen LogP contribution is 2.36. The fourth-order valence-electron chi connectivity index (χ4n) is 3.51. The van der Waals surface area contributed by atoms with Gasteiger partial charge in [0.15, 0.2) is 0 Å². The molecule has 1 heterocycles. The van der Waals surface area contributed by atoms with E-state index in [-0.39, 0.29) is 16.9 Å². The summed E-state index contributed by atoms with van der Waals surface area (Å²) in [4.78, 5) is 24.8. The Kier molecular flexibility index (Phi) is 6.14. The maximum atomic E-state index is 13.1. The van der Waals surface area contributed by atoms with Crippen LogP contribution in [0.4, 0.5) is 5.69 Å². The molecule has 0 saturated carbocycles. The van der Waals surface area contributed by atoms with Crippen LogP contribution in [0.15, 0.2) is 47.4 Å². The van der Waals surface area contributed by atoms with Gasteiger partial charge in [0.1, 0.15) is 11.9 Å². The first-order valence-corrected chi connectivity index (χ1v) is 11.0. The number of carbonyl (C=O) groups is 2. The number of nitrogens with one attached hydrogen (secondary N) is 1. The van der Waals surface area contributed by atoms with Crippen molar-refractivity contribution in [1.82, 2.24) is 4.72 Å². The molecule has 30 heavy (non-hydrogen) atoms. The van der Waals surface area contributed by atoms with Gasteiger partial charge in [-0.3, -0.25) is 9.59 Å². The van der Waals surface area contributed by atoms with Gasteiger partial charge in [-0.1, -0.05) is 24.3 Å². The van der Waals surface area contributed by atoms with Crippen molar-refractivity contribution >= 4 is 27.6 Å². The molecular formula is C21H24N2O6S. The van der Waals surface area contributed by atoms with Gasteiger partial charge in [-0.2, -0.15) is 0 Å². The van der Waals surface area contributed by atoms with Gasteiger partial charge in [-0.15, -0.1) is 0 Å². The van der Waals surface area contributed by atoms with E-state index < -0.39 is 28.5 Å². The van der Waals surface area contributed by atoms with Crippen LogP contribution in [0.1, 0.15) is 37.4 Å². The number of hydrogen-bond acceptors (Lipinski definition) is 5. The lowest BCUT2D eigenvalue weighted by atomic mass is 10.00. The zero-order valence-corrected chi connectivity index (χ0v) is 17.8. The number of ether oxygens (including phenoxy) is 1. The fourth-order valence-corrected chi connectivity index (χ4v) is 4.74. The summed E-state index contributed by atoms with van der Waals surface area (Å²) < 4.78 is 34.4. The molecule has 0 aliphatic carbocycles. The molecule has 0 saturated heterocycles. The zero-order valence-electron chi connectivity index (χ0n) is 17.0. The van der Waals surface area contributed by atoms with Gasteiger partial charge in [-0.25, -0.2) is 13.1 Å². The fraction of sp³-hybridized carbons (Fsp3) is 0.333. The summed E-state index contributed by atoms with van der Waals surface area (Å²) in [6.45, 7) is 5.33. The summed E-state index contributed by atoms with van der Waals surface area (Å²) >= 11 is 0. The molecule has 9 heteroatoms. The standard InChI is InChI=1S/C21H24N2O6S/c1-13-6-4-5-7-17(13)18(11-21(25)26)22-30(27,28)16-8-9-20-19(10-16)23(15(3)24)12-14(2)29-20/h4-10,14,18,22H,11-12H2,1-3H3,(H,25,26)/t14-,18+/m0/s1. The lowest BCUT2D eigenvalue weighted by molar-refractivity contribution is -0.137. The number of carbonyl (C=O) groups excluding carboxylic acids is 1. The molecule has 2 aromatic carbocycles. The number of benzene rings is 2. The lowest BCUT2D eigenvalue weighted by Gasteiger charge is -2.33. The first-order valence-electron chi connectivity index (χ1n) is 9.47. The maximum absolute atomic E-state index is 13.1. The molecule has 160 valence electrons. The Hall–Kier alpha value is -2.91. The van der Waals surface area contributed by atoms with Crippen LogP contribution in [0.25, 0.3) is 0 Å². The minimum atomic E-state index is -4.07. The van der Waals surface area contributed by atoms with Crippen LogP contribution in [0.2, 0.25) is 0 Å². The largest absolute Gasteiger partial charge is 0.487 e. The van der Waals surface area contributed by atoms with Crippen molar-refractivity contribution < 1.29 is 27.9 Å². The van der Waals surface area contributed by atoms with E-state index in [0.29, 0.717) is 23.5 Å². The predicted octanol–water partition coefficient (Wildman–Crippen LogP) is 2.62. The second-order valence-electron chi connectivity index (χ2n) is 7.32. The smallest absolute Gasteiger partial charge is 0.305 e. The Morgan fingerprint density at radius 2 is 1.97 bits per heavy atom. The molecular weight excluding hydrogens is 408 g/mol. The summed E-state index contributed by atoms with van der Waals surface area (Å²) in [5.74, 6) is -0.928. The van der Waals surface area contributed by atoms with Crippen molar-refractivity contribution in [2.24, 2.45) is 0 Å². The Bertz CT molecular complexity index is 1080. The third kappa shape index (κ3) is 4.63. The second kappa shape index (κ2) is 8.45. The zero-order chi connectivity index (χ0) is 22.1. The average molecular weight is 432 g/mol. The molecule has 0 radical (unpaired) electrons. The quantitative estimate of drug-likeness (QED) is 0.726. The van der Waals surface area contributed by atoms with Gasteiger partial charge >= 0.3 is 5.97 Å². The van der Waals surface area contributed by atoms with E-state index in [1.165, 1.54) is 30.0 Å². The van der Waals surface area contributed by atoms with Crippen molar-refractivity contribution in [3.63, 3.8) is 0 Å². The Labute approximate surface area is 175 Å². The van der Waals surface area contributed by atoms with Crippen molar-refractivity contribution in [1.29, 1.82) is 0 Å². The highest BCUT2D eigenvalue weighted by Gasteiger charge is 2.29. The summed E-state index contributed by atoms with van der Waals surface area (Å²) in [5.41, 5.74) is 1.74. The number of carboxylic acids is 1. The van der Waals surface area contributed by atoms with E-state index in [2.05, 4.69) is 4.72 Å². The van der Waals surface area contributed by atoms with Crippen LogP contribution in [0, 0.1) is 6.92 Å². The highest BCUT2D eigenvalue weighted by atomic mass is 32.2. The van der Waals surface area contributed by atoms with E-state index in [4.69, 9.17) is 4.74 Å². The number of nitrogens with zero attached hydrogens (tertiary/aromatic N) is 1. The molecule has 0 bridgehead atoms. The van der Waals surface area contributed by atoms with Crippen LogP contribution in [-0.2, 0) is 19.6 Å². The van der Waals surface area contributed by atoms with Crippen molar-refractivity contribution in [2.45, 2.75) is 44.2 Å². The van der Waals surface area contributed by atoms with Crippen LogP contribution >= 0.6 is 0 Å². The van der Waals surface area contributed by atoms with E-state index >= 15 is 0 Å². The van der Waals surface area contributed by atoms with Crippen LogP contribution in [-0.4, -0.2) is 38.0 Å². The Balaban J connectivity index is 1.98. The normalized spacial score (nSPS) is 17.0. The molecule has 1 aliphatic rings. The molecule has 2 N–H and O–H groups in total. The molecule has 8 nitrogen and oxygen atoms in total. The average Bonchev–Trinajstić information content (AvgIpc) is 2.66. The van der Waals surface area contributed by atoms with Crippen LogP contribution < -0.4 is 14.4 Å². The molecule has 0 fully saturated rings. The number of fused-ring (bicyclic) bond motifs is 1. The SMILES string of the molecule is CC(=O)N1C[C@H](C)Oc2ccc(S(=O)(=O)N[C@H](CC(=O)O)c3ccccc3C)cc21. The summed E-state index contributed by atoms with van der Waals surface area (Å²) in [7, 11) is -4.07. The monoisotopic (exact) mass is 432 g/mol. The van der Waals surface area contributed by atoms with Crippen LogP contribution in [0.3, 0.4) is 0 Å². The number of anilines is 1. The molecule has 3 rings (SSSR count). The van der Waals surface area contributed by atoms with Gasteiger partial charge in [0.25, 0.3) is 0 Å². The van der Waals surface area contributed by atoms with Gasteiger partial charge in [0, 0.05) is 6.92 Å².